The summed E-state index contributed by atoms with van der Waals surface area (Å²) >= 11 is 0. The van der Waals surface area contributed by atoms with Crippen molar-refractivity contribution in [2.75, 3.05) is 19.7 Å². The van der Waals surface area contributed by atoms with Crippen LogP contribution in [0.15, 0.2) is 0 Å². The average Bonchev–Trinajstić information content (AvgIpc) is 2.37. The zero-order valence-corrected chi connectivity index (χ0v) is 11.2. The molecule has 0 radical (unpaired) electrons. The quantitative estimate of drug-likeness (QED) is 0.701. The minimum absolute atomic E-state index is 0.193. The minimum atomic E-state index is -0.246. The molecule has 1 unspecified atom stereocenters. The zero-order chi connectivity index (χ0) is 13.0. The van der Waals surface area contributed by atoms with Gasteiger partial charge in [-0.1, -0.05) is 19.3 Å². The van der Waals surface area contributed by atoms with Crippen LogP contribution in [0.1, 0.15) is 45.4 Å². The predicted molar refractivity (Wildman–Crippen MR) is 68.2 cm³/mol. The Morgan fingerprint density at radius 2 is 2.06 bits per heavy atom. The van der Waals surface area contributed by atoms with E-state index in [-0.39, 0.29) is 24.2 Å². The standard InChI is InChI=1S/C14H23NO3/c1-2-18-14(17)8-12-13(16)10-15(12)9-11-6-4-3-5-7-11/h11-12H,2-10H2,1H3. The molecule has 0 aromatic rings. The van der Waals surface area contributed by atoms with Crippen LogP contribution in [-0.4, -0.2) is 42.4 Å². The van der Waals surface area contributed by atoms with Crippen molar-refractivity contribution in [3.8, 4) is 0 Å². The summed E-state index contributed by atoms with van der Waals surface area (Å²) in [6, 6.07) is -0.203. The maximum Gasteiger partial charge on any atom is 0.307 e. The average molecular weight is 253 g/mol. The highest BCUT2D eigenvalue weighted by Gasteiger charge is 2.39. The molecular formula is C14H23NO3. The zero-order valence-electron chi connectivity index (χ0n) is 11.2. The Kier molecular flexibility index (Phi) is 4.75. The molecule has 4 heteroatoms. The molecule has 18 heavy (non-hydrogen) atoms. The van der Waals surface area contributed by atoms with Crippen LogP contribution < -0.4 is 0 Å². The normalized spacial score (nSPS) is 25.8. The van der Waals surface area contributed by atoms with Gasteiger partial charge < -0.3 is 4.74 Å². The van der Waals surface area contributed by atoms with Gasteiger partial charge in [0.1, 0.15) is 0 Å². The van der Waals surface area contributed by atoms with Crippen molar-refractivity contribution in [2.24, 2.45) is 5.92 Å². The number of Topliss-reactive ketones (excluding diaryl/α,β-unsaturated/α-hetero) is 1. The molecule has 1 aliphatic heterocycles. The Bertz CT molecular complexity index is 310. The van der Waals surface area contributed by atoms with Gasteiger partial charge in [0.15, 0.2) is 5.78 Å². The van der Waals surface area contributed by atoms with Gasteiger partial charge >= 0.3 is 5.97 Å². The fourth-order valence-electron chi connectivity index (χ4n) is 3.02. The van der Waals surface area contributed by atoms with E-state index in [0.29, 0.717) is 13.2 Å². The maximum atomic E-state index is 11.6. The highest BCUT2D eigenvalue weighted by atomic mass is 16.5. The van der Waals surface area contributed by atoms with Crippen molar-refractivity contribution in [3.63, 3.8) is 0 Å². The summed E-state index contributed by atoms with van der Waals surface area (Å²) in [5.41, 5.74) is 0. The largest absolute Gasteiger partial charge is 0.466 e. The van der Waals surface area contributed by atoms with Gasteiger partial charge in [-0.3, -0.25) is 14.5 Å². The van der Waals surface area contributed by atoms with Crippen LogP contribution in [0, 0.1) is 5.92 Å². The van der Waals surface area contributed by atoms with Crippen molar-refractivity contribution >= 4 is 11.8 Å². The smallest absolute Gasteiger partial charge is 0.307 e. The van der Waals surface area contributed by atoms with Crippen molar-refractivity contribution in [2.45, 2.75) is 51.5 Å². The van der Waals surface area contributed by atoms with Crippen LogP contribution in [0.5, 0.6) is 0 Å². The second-order valence-electron chi connectivity index (χ2n) is 5.42. The molecule has 1 saturated heterocycles. The van der Waals surface area contributed by atoms with Gasteiger partial charge in [0.05, 0.1) is 25.6 Å². The van der Waals surface area contributed by atoms with Gasteiger partial charge in [-0.25, -0.2) is 0 Å². The number of ether oxygens (including phenoxy) is 1. The summed E-state index contributed by atoms with van der Waals surface area (Å²) < 4.78 is 4.92. The van der Waals surface area contributed by atoms with Crippen LogP contribution in [0.25, 0.3) is 0 Å². The number of likely N-dealkylation sites (tertiary alicyclic amines) is 1. The number of nitrogens with zero attached hydrogens (tertiary/aromatic N) is 1. The van der Waals surface area contributed by atoms with Gasteiger partial charge in [0.25, 0.3) is 0 Å². The third-order valence-corrected chi connectivity index (χ3v) is 4.05. The van der Waals surface area contributed by atoms with E-state index in [1.165, 1.54) is 32.1 Å². The summed E-state index contributed by atoms with van der Waals surface area (Å²) in [6.07, 6.45) is 6.76. The molecule has 0 aromatic carbocycles. The lowest BCUT2D eigenvalue weighted by molar-refractivity contribution is -0.151. The van der Waals surface area contributed by atoms with E-state index < -0.39 is 0 Å². The molecule has 0 spiro atoms. The van der Waals surface area contributed by atoms with Crippen LogP contribution in [-0.2, 0) is 14.3 Å². The number of carbonyl (C=O) groups excluding carboxylic acids is 2. The molecule has 2 aliphatic rings. The van der Waals surface area contributed by atoms with Crippen molar-refractivity contribution in [1.29, 1.82) is 0 Å². The Balaban J connectivity index is 1.78. The first-order valence-corrected chi connectivity index (χ1v) is 7.13. The number of esters is 1. The lowest BCUT2D eigenvalue weighted by atomic mass is 9.86. The summed E-state index contributed by atoms with van der Waals surface area (Å²) in [7, 11) is 0. The molecule has 1 aliphatic carbocycles. The van der Waals surface area contributed by atoms with Crippen LogP contribution >= 0.6 is 0 Å². The van der Waals surface area contributed by atoms with Gasteiger partial charge in [0, 0.05) is 6.54 Å². The topological polar surface area (TPSA) is 46.6 Å². The molecule has 1 atom stereocenters. The molecule has 0 aromatic heterocycles. The first kappa shape index (κ1) is 13.5. The predicted octanol–water partition coefficient (Wildman–Crippen LogP) is 1.77. The molecule has 102 valence electrons. The Hall–Kier alpha value is -0.900. The number of ketones is 1. The van der Waals surface area contributed by atoms with E-state index >= 15 is 0 Å². The van der Waals surface area contributed by atoms with Gasteiger partial charge in [-0.15, -0.1) is 0 Å². The fraction of sp³-hybridized carbons (Fsp3) is 0.857. The fourth-order valence-corrected chi connectivity index (χ4v) is 3.02. The molecule has 2 rings (SSSR count). The lowest BCUT2D eigenvalue weighted by Gasteiger charge is -2.41. The lowest BCUT2D eigenvalue weighted by Crippen LogP contribution is -2.59. The van der Waals surface area contributed by atoms with Crippen LogP contribution in [0.4, 0.5) is 0 Å². The van der Waals surface area contributed by atoms with Crippen molar-refractivity contribution < 1.29 is 14.3 Å². The number of hydrogen-bond acceptors (Lipinski definition) is 4. The van der Waals surface area contributed by atoms with Gasteiger partial charge in [0.2, 0.25) is 0 Å². The maximum absolute atomic E-state index is 11.6. The first-order valence-electron chi connectivity index (χ1n) is 7.13. The van der Waals surface area contributed by atoms with Gasteiger partial charge in [-0.2, -0.15) is 0 Å². The van der Waals surface area contributed by atoms with E-state index in [2.05, 4.69) is 4.90 Å². The number of hydrogen-bond donors (Lipinski definition) is 0. The third-order valence-electron chi connectivity index (χ3n) is 4.05. The SMILES string of the molecule is CCOC(=O)CC1C(=O)CN1CC1CCCCC1. The molecule has 0 N–H and O–H groups in total. The van der Waals surface area contributed by atoms with E-state index in [1.54, 1.807) is 6.92 Å². The molecule has 1 heterocycles. The summed E-state index contributed by atoms with van der Waals surface area (Å²) in [4.78, 5) is 25.2. The molecule has 2 fully saturated rings. The second-order valence-corrected chi connectivity index (χ2v) is 5.42. The highest BCUT2D eigenvalue weighted by Crippen LogP contribution is 2.27. The van der Waals surface area contributed by atoms with Crippen LogP contribution in [0.3, 0.4) is 0 Å². The van der Waals surface area contributed by atoms with E-state index in [1.807, 2.05) is 0 Å². The third kappa shape index (κ3) is 3.31. The molecule has 1 saturated carbocycles. The Labute approximate surface area is 109 Å². The number of carbonyl (C=O) groups is 2. The van der Waals surface area contributed by atoms with Gasteiger partial charge in [-0.05, 0) is 25.7 Å². The minimum Gasteiger partial charge on any atom is -0.466 e. The molecule has 4 nitrogen and oxygen atoms in total. The van der Waals surface area contributed by atoms with Crippen molar-refractivity contribution in [1.82, 2.24) is 4.90 Å². The molecular weight excluding hydrogens is 230 g/mol. The summed E-state index contributed by atoms with van der Waals surface area (Å²) in [6.45, 7) is 3.69. The van der Waals surface area contributed by atoms with E-state index in [4.69, 9.17) is 4.74 Å². The highest BCUT2D eigenvalue weighted by molar-refractivity contribution is 5.94. The Morgan fingerprint density at radius 1 is 1.33 bits per heavy atom. The monoisotopic (exact) mass is 253 g/mol. The molecule has 0 bridgehead atoms. The van der Waals surface area contributed by atoms with Crippen LogP contribution in [0.2, 0.25) is 0 Å². The van der Waals surface area contributed by atoms with Crippen molar-refractivity contribution in [3.05, 3.63) is 0 Å². The second kappa shape index (κ2) is 6.32. The van der Waals surface area contributed by atoms with E-state index in [9.17, 15) is 9.59 Å². The summed E-state index contributed by atoms with van der Waals surface area (Å²) in [5.74, 6) is 0.666. The Morgan fingerprint density at radius 3 is 2.67 bits per heavy atom. The van der Waals surface area contributed by atoms with E-state index in [0.717, 1.165) is 12.5 Å². The summed E-state index contributed by atoms with van der Waals surface area (Å²) in [5, 5.41) is 0. The molecule has 0 amide bonds. The first-order chi connectivity index (χ1) is 8.70. The number of rotatable bonds is 5.